The molecule has 0 aromatic heterocycles. The van der Waals surface area contributed by atoms with Crippen molar-refractivity contribution in [1.82, 2.24) is 5.32 Å². The first-order valence-corrected chi connectivity index (χ1v) is 7.72. The van der Waals surface area contributed by atoms with E-state index in [0.29, 0.717) is 0 Å². The van der Waals surface area contributed by atoms with Crippen LogP contribution in [-0.4, -0.2) is 27.3 Å². The van der Waals surface area contributed by atoms with Crippen molar-refractivity contribution >= 4 is 0 Å². The Morgan fingerprint density at radius 2 is 1.85 bits per heavy atom. The van der Waals surface area contributed by atoms with Gasteiger partial charge in [0.2, 0.25) is 0 Å². The molecule has 1 unspecified atom stereocenters. The van der Waals surface area contributed by atoms with Crippen molar-refractivity contribution in [3.8, 4) is 5.75 Å². The molecule has 0 saturated carbocycles. The van der Waals surface area contributed by atoms with Gasteiger partial charge in [0.1, 0.15) is 5.75 Å². The van der Waals surface area contributed by atoms with E-state index >= 15 is 0 Å². The van der Waals surface area contributed by atoms with Crippen LogP contribution in [0.1, 0.15) is 50.7 Å². The molecule has 3 nitrogen and oxygen atoms in total. The SMILES string of the molecule is CCCCCCCOC(CNC)c1ccccc1OC. The van der Waals surface area contributed by atoms with Gasteiger partial charge in [-0.1, -0.05) is 50.8 Å². The quantitative estimate of drug-likeness (QED) is 0.622. The number of hydrogen-bond donors (Lipinski definition) is 1. The van der Waals surface area contributed by atoms with Crippen LogP contribution in [-0.2, 0) is 4.74 Å². The third-order valence-electron chi connectivity index (χ3n) is 3.44. The molecule has 0 amide bonds. The number of likely N-dealkylation sites (N-methyl/N-ethyl adjacent to an activating group) is 1. The van der Waals surface area contributed by atoms with Crippen LogP contribution in [0.15, 0.2) is 24.3 Å². The summed E-state index contributed by atoms with van der Waals surface area (Å²) in [7, 11) is 3.66. The van der Waals surface area contributed by atoms with E-state index in [1.54, 1.807) is 7.11 Å². The molecule has 0 fully saturated rings. The fraction of sp³-hybridized carbons (Fsp3) is 0.647. The topological polar surface area (TPSA) is 30.5 Å². The molecule has 1 N–H and O–H groups in total. The molecule has 0 aliphatic heterocycles. The fourth-order valence-electron chi connectivity index (χ4n) is 2.31. The zero-order chi connectivity index (χ0) is 14.6. The first-order chi connectivity index (χ1) is 9.83. The normalized spacial score (nSPS) is 12.3. The summed E-state index contributed by atoms with van der Waals surface area (Å²) in [6, 6.07) is 8.09. The Balaban J connectivity index is 2.47. The van der Waals surface area contributed by atoms with Crippen LogP contribution in [0.3, 0.4) is 0 Å². The molecule has 20 heavy (non-hydrogen) atoms. The van der Waals surface area contributed by atoms with Crippen LogP contribution in [0.4, 0.5) is 0 Å². The smallest absolute Gasteiger partial charge is 0.124 e. The molecular formula is C17H29NO2. The predicted molar refractivity (Wildman–Crippen MR) is 84.4 cm³/mol. The van der Waals surface area contributed by atoms with Gasteiger partial charge in [-0.3, -0.25) is 0 Å². The van der Waals surface area contributed by atoms with Crippen molar-refractivity contribution in [3.63, 3.8) is 0 Å². The van der Waals surface area contributed by atoms with E-state index < -0.39 is 0 Å². The standard InChI is InChI=1S/C17H29NO2/c1-4-5-6-7-10-13-20-17(14-18-2)15-11-8-9-12-16(15)19-3/h8-9,11-12,17-18H,4-7,10,13-14H2,1-3H3. The van der Waals surface area contributed by atoms with Gasteiger partial charge in [-0.05, 0) is 19.5 Å². The number of benzene rings is 1. The Kier molecular flexibility index (Phi) is 9.09. The second-order valence-electron chi connectivity index (χ2n) is 5.07. The summed E-state index contributed by atoms with van der Waals surface area (Å²) < 4.78 is 11.5. The first-order valence-electron chi connectivity index (χ1n) is 7.72. The highest BCUT2D eigenvalue weighted by Crippen LogP contribution is 2.27. The minimum atomic E-state index is 0.0577. The molecule has 3 heteroatoms. The zero-order valence-electron chi connectivity index (χ0n) is 13.2. The fourth-order valence-corrected chi connectivity index (χ4v) is 2.31. The van der Waals surface area contributed by atoms with Crippen LogP contribution in [0.2, 0.25) is 0 Å². The van der Waals surface area contributed by atoms with Gasteiger partial charge in [-0.15, -0.1) is 0 Å². The molecular weight excluding hydrogens is 250 g/mol. The minimum Gasteiger partial charge on any atom is -0.496 e. The summed E-state index contributed by atoms with van der Waals surface area (Å²) in [4.78, 5) is 0. The lowest BCUT2D eigenvalue weighted by Crippen LogP contribution is -2.20. The van der Waals surface area contributed by atoms with E-state index in [2.05, 4.69) is 18.3 Å². The largest absolute Gasteiger partial charge is 0.496 e. The van der Waals surface area contributed by atoms with Crippen molar-refractivity contribution in [1.29, 1.82) is 0 Å². The van der Waals surface area contributed by atoms with Gasteiger partial charge in [-0.25, -0.2) is 0 Å². The lowest BCUT2D eigenvalue weighted by atomic mass is 10.1. The predicted octanol–water partition coefficient (Wildman–Crippen LogP) is 3.94. The molecule has 0 saturated heterocycles. The summed E-state index contributed by atoms with van der Waals surface area (Å²) >= 11 is 0. The highest BCUT2D eigenvalue weighted by molar-refractivity contribution is 5.35. The summed E-state index contributed by atoms with van der Waals surface area (Å²) in [5.74, 6) is 0.902. The lowest BCUT2D eigenvalue weighted by Gasteiger charge is -2.20. The second-order valence-corrected chi connectivity index (χ2v) is 5.07. The monoisotopic (exact) mass is 279 g/mol. The first kappa shape index (κ1) is 17.0. The number of ether oxygens (including phenoxy) is 2. The van der Waals surface area contributed by atoms with Crippen LogP contribution < -0.4 is 10.1 Å². The summed E-state index contributed by atoms with van der Waals surface area (Å²) in [6.07, 6.45) is 6.37. The maximum absolute atomic E-state index is 6.05. The van der Waals surface area contributed by atoms with Crippen LogP contribution in [0, 0.1) is 0 Å². The summed E-state index contributed by atoms with van der Waals surface area (Å²) in [5.41, 5.74) is 1.12. The molecule has 1 atom stereocenters. The van der Waals surface area contributed by atoms with Crippen LogP contribution in [0.25, 0.3) is 0 Å². The molecule has 0 radical (unpaired) electrons. The summed E-state index contributed by atoms with van der Waals surface area (Å²) in [6.45, 7) is 3.85. The number of para-hydroxylation sites is 1. The number of hydrogen-bond acceptors (Lipinski definition) is 3. The van der Waals surface area contributed by atoms with Crippen molar-refractivity contribution in [2.45, 2.75) is 45.1 Å². The molecule has 114 valence electrons. The number of unbranched alkanes of at least 4 members (excludes halogenated alkanes) is 4. The lowest BCUT2D eigenvalue weighted by molar-refractivity contribution is 0.0495. The molecule has 1 aromatic carbocycles. The Morgan fingerprint density at radius 3 is 2.55 bits per heavy atom. The molecule has 0 spiro atoms. The summed E-state index contributed by atoms with van der Waals surface area (Å²) in [5, 5.41) is 3.20. The number of nitrogens with one attached hydrogen (secondary N) is 1. The van der Waals surface area contributed by atoms with E-state index in [9.17, 15) is 0 Å². The Hall–Kier alpha value is -1.06. The van der Waals surface area contributed by atoms with E-state index in [1.807, 2.05) is 25.2 Å². The van der Waals surface area contributed by atoms with Crippen LogP contribution in [0.5, 0.6) is 5.75 Å². The molecule has 0 heterocycles. The minimum absolute atomic E-state index is 0.0577. The average molecular weight is 279 g/mol. The zero-order valence-corrected chi connectivity index (χ0v) is 13.2. The maximum atomic E-state index is 6.05. The van der Waals surface area contributed by atoms with E-state index in [-0.39, 0.29) is 6.10 Å². The van der Waals surface area contributed by atoms with Gasteiger partial charge in [0.15, 0.2) is 0 Å². The Labute approximate surface area is 123 Å². The highest BCUT2D eigenvalue weighted by Gasteiger charge is 2.15. The third-order valence-corrected chi connectivity index (χ3v) is 3.44. The van der Waals surface area contributed by atoms with Crippen molar-refractivity contribution in [2.24, 2.45) is 0 Å². The van der Waals surface area contributed by atoms with Gasteiger partial charge in [-0.2, -0.15) is 0 Å². The van der Waals surface area contributed by atoms with Gasteiger partial charge in [0.05, 0.1) is 13.2 Å². The van der Waals surface area contributed by atoms with Gasteiger partial charge < -0.3 is 14.8 Å². The van der Waals surface area contributed by atoms with Gasteiger partial charge in [0, 0.05) is 18.7 Å². The second kappa shape index (κ2) is 10.7. The van der Waals surface area contributed by atoms with Crippen molar-refractivity contribution in [2.75, 3.05) is 27.3 Å². The van der Waals surface area contributed by atoms with Gasteiger partial charge >= 0.3 is 0 Å². The molecule has 0 bridgehead atoms. The third kappa shape index (κ3) is 5.93. The van der Waals surface area contributed by atoms with E-state index in [0.717, 1.165) is 30.9 Å². The van der Waals surface area contributed by atoms with E-state index in [4.69, 9.17) is 9.47 Å². The number of rotatable bonds is 11. The average Bonchev–Trinajstić information content (AvgIpc) is 2.49. The molecule has 0 aliphatic rings. The van der Waals surface area contributed by atoms with Gasteiger partial charge in [0.25, 0.3) is 0 Å². The molecule has 1 rings (SSSR count). The maximum Gasteiger partial charge on any atom is 0.124 e. The Bertz CT molecular complexity index is 355. The Morgan fingerprint density at radius 1 is 1.10 bits per heavy atom. The van der Waals surface area contributed by atoms with Crippen molar-refractivity contribution in [3.05, 3.63) is 29.8 Å². The van der Waals surface area contributed by atoms with E-state index in [1.165, 1.54) is 25.7 Å². The number of methoxy groups -OCH3 is 1. The van der Waals surface area contributed by atoms with Crippen molar-refractivity contribution < 1.29 is 9.47 Å². The molecule has 0 aliphatic carbocycles. The van der Waals surface area contributed by atoms with Crippen LogP contribution >= 0.6 is 0 Å². The molecule has 1 aromatic rings. The highest BCUT2D eigenvalue weighted by atomic mass is 16.5.